The van der Waals surface area contributed by atoms with Crippen molar-refractivity contribution in [1.29, 1.82) is 0 Å². The van der Waals surface area contributed by atoms with Gasteiger partial charge in [0.1, 0.15) is 11.5 Å². The van der Waals surface area contributed by atoms with Crippen molar-refractivity contribution in [1.82, 2.24) is 0 Å². The predicted octanol–water partition coefficient (Wildman–Crippen LogP) is 4.18. The van der Waals surface area contributed by atoms with Crippen molar-refractivity contribution in [3.05, 3.63) is 35.4 Å². The van der Waals surface area contributed by atoms with E-state index in [0.29, 0.717) is 17.6 Å². The van der Waals surface area contributed by atoms with Crippen LogP contribution in [0.15, 0.2) is 29.8 Å². The second-order valence-corrected chi connectivity index (χ2v) is 7.40. The van der Waals surface area contributed by atoms with Crippen LogP contribution in [0, 0.1) is 17.8 Å². The van der Waals surface area contributed by atoms with Gasteiger partial charge in [0.05, 0.1) is 7.11 Å². The summed E-state index contributed by atoms with van der Waals surface area (Å²) in [6.07, 6.45) is 4.61. The minimum atomic E-state index is 0.0550. The Hall–Kier alpha value is -1.15. The first-order valence-corrected chi connectivity index (χ1v) is 7.74. The van der Waals surface area contributed by atoms with Crippen molar-refractivity contribution < 1.29 is 9.84 Å². The number of benzene rings is 1. The Labute approximate surface area is 124 Å². The molecule has 1 aromatic carbocycles. The van der Waals surface area contributed by atoms with Crippen molar-refractivity contribution in [2.24, 2.45) is 17.8 Å². The standard InChI is InChI=1S/C17H19ClO2/c1-20-16(10-3-2-4-13(19)6-10)15-12-5-11-7-17(18,8-12)9-14(11)15/h2-4,6,11-12,14,19H,5,7-9H2,1H3/b16-15+/t11?,12?,14-,17?/m0/s1. The summed E-state index contributed by atoms with van der Waals surface area (Å²) in [4.78, 5) is 0.0550. The monoisotopic (exact) mass is 290 g/mol. The van der Waals surface area contributed by atoms with Gasteiger partial charge < -0.3 is 9.84 Å². The van der Waals surface area contributed by atoms with E-state index in [-0.39, 0.29) is 4.87 Å². The summed E-state index contributed by atoms with van der Waals surface area (Å²) >= 11 is 6.71. The number of aromatic hydroxyl groups is 1. The van der Waals surface area contributed by atoms with Crippen LogP contribution in [0.3, 0.4) is 0 Å². The fourth-order valence-electron chi connectivity index (χ4n) is 4.87. The maximum atomic E-state index is 9.71. The number of halogens is 1. The lowest BCUT2D eigenvalue weighted by molar-refractivity contribution is 0.325. The lowest BCUT2D eigenvalue weighted by Gasteiger charge is -2.35. The Morgan fingerprint density at radius 2 is 2.20 bits per heavy atom. The average molecular weight is 291 g/mol. The van der Waals surface area contributed by atoms with E-state index in [1.807, 2.05) is 12.1 Å². The van der Waals surface area contributed by atoms with Crippen LogP contribution in [-0.2, 0) is 4.74 Å². The molecule has 5 rings (SSSR count). The summed E-state index contributed by atoms with van der Waals surface area (Å²) in [6, 6.07) is 7.38. The van der Waals surface area contributed by atoms with Crippen LogP contribution in [0.1, 0.15) is 31.2 Å². The molecule has 3 unspecified atom stereocenters. The van der Waals surface area contributed by atoms with Crippen molar-refractivity contribution in [2.45, 2.75) is 30.6 Å². The second-order valence-electron chi connectivity index (χ2n) is 6.60. The van der Waals surface area contributed by atoms with Crippen LogP contribution < -0.4 is 0 Å². The average Bonchev–Trinajstić information content (AvgIpc) is 2.77. The van der Waals surface area contributed by atoms with Crippen LogP contribution >= 0.6 is 11.6 Å². The highest BCUT2D eigenvalue weighted by Crippen LogP contribution is 2.65. The molecule has 0 radical (unpaired) electrons. The fraction of sp³-hybridized carbons (Fsp3) is 0.529. The van der Waals surface area contributed by atoms with Crippen molar-refractivity contribution in [3.63, 3.8) is 0 Å². The first kappa shape index (κ1) is 12.6. The molecule has 0 saturated heterocycles. The Bertz CT molecular complexity index is 590. The Morgan fingerprint density at radius 1 is 1.35 bits per heavy atom. The van der Waals surface area contributed by atoms with Crippen molar-refractivity contribution in [3.8, 4) is 5.75 Å². The van der Waals surface area contributed by atoms with Gasteiger partial charge in [-0.1, -0.05) is 12.1 Å². The number of phenols is 1. The molecule has 4 aliphatic rings. The molecule has 0 spiro atoms. The number of methoxy groups -OCH3 is 1. The zero-order valence-electron chi connectivity index (χ0n) is 11.6. The van der Waals surface area contributed by atoms with E-state index in [2.05, 4.69) is 0 Å². The van der Waals surface area contributed by atoms with E-state index < -0.39 is 0 Å². The van der Waals surface area contributed by atoms with Crippen LogP contribution in [0.5, 0.6) is 5.75 Å². The highest BCUT2D eigenvalue weighted by molar-refractivity contribution is 6.24. The first-order valence-electron chi connectivity index (χ1n) is 7.36. The number of ether oxygens (including phenoxy) is 1. The maximum absolute atomic E-state index is 9.71. The molecular weight excluding hydrogens is 272 g/mol. The van der Waals surface area contributed by atoms with Crippen LogP contribution in [-0.4, -0.2) is 17.1 Å². The molecule has 2 nitrogen and oxygen atoms in total. The SMILES string of the molecule is CO/C(=C1\C2CC3CC(Cl)(C2)C[C@H]13)c1cccc(O)c1. The molecule has 4 saturated carbocycles. The summed E-state index contributed by atoms with van der Waals surface area (Å²) in [5, 5.41) is 9.71. The first-order chi connectivity index (χ1) is 9.59. The van der Waals surface area contributed by atoms with E-state index in [1.54, 1.807) is 19.2 Å². The van der Waals surface area contributed by atoms with Gasteiger partial charge in [-0.3, -0.25) is 0 Å². The zero-order valence-corrected chi connectivity index (χ0v) is 12.4. The molecule has 20 heavy (non-hydrogen) atoms. The third kappa shape index (κ3) is 1.70. The molecule has 106 valence electrons. The number of phenolic OH excluding ortho intramolecular Hbond substituents is 1. The van der Waals surface area contributed by atoms with Gasteiger partial charge in [-0.15, -0.1) is 11.6 Å². The molecule has 1 aromatic rings. The van der Waals surface area contributed by atoms with Gasteiger partial charge >= 0.3 is 0 Å². The third-order valence-corrected chi connectivity index (χ3v) is 5.86. The topological polar surface area (TPSA) is 29.5 Å². The smallest absolute Gasteiger partial charge is 0.125 e. The van der Waals surface area contributed by atoms with Crippen LogP contribution in [0.2, 0.25) is 0 Å². The van der Waals surface area contributed by atoms with Gasteiger partial charge in [0.15, 0.2) is 0 Å². The number of hydrogen-bond acceptors (Lipinski definition) is 2. The van der Waals surface area contributed by atoms with Gasteiger partial charge in [-0.2, -0.15) is 0 Å². The summed E-state index contributed by atoms with van der Waals surface area (Å²) in [5.74, 6) is 3.16. The zero-order chi connectivity index (χ0) is 13.9. The number of rotatable bonds is 2. The quantitative estimate of drug-likeness (QED) is 0.654. The lowest BCUT2D eigenvalue weighted by atomic mass is 9.77. The largest absolute Gasteiger partial charge is 0.508 e. The highest BCUT2D eigenvalue weighted by Gasteiger charge is 2.58. The fourth-order valence-corrected chi connectivity index (χ4v) is 5.42. The lowest BCUT2D eigenvalue weighted by Crippen LogP contribution is -2.29. The van der Waals surface area contributed by atoms with Gasteiger partial charge in [0, 0.05) is 10.4 Å². The summed E-state index contributed by atoms with van der Waals surface area (Å²) in [6.45, 7) is 0. The van der Waals surface area contributed by atoms with Crippen LogP contribution in [0.25, 0.3) is 5.76 Å². The number of alkyl halides is 1. The van der Waals surface area contributed by atoms with E-state index in [9.17, 15) is 5.11 Å². The normalized spacial score (nSPS) is 40.2. The molecule has 0 heterocycles. The molecule has 0 amide bonds. The van der Waals surface area contributed by atoms with Crippen LogP contribution in [0.4, 0.5) is 0 Å². The summed E-state index contributed by atoms with van der Waals surface area (Å²) in [5.41, 5.74) is 2.44. The molecule has 4 fully saturated rings. The van der Waals surface area contributed by atoms with Gasteiger partial charge in [-0.05, 0) is 61.1 Å². The predicted molar refractivity (Wildman–Crippen MR) is 79.6 cm³/mol. The molecule has 3 heteroatoms. The second kappa shape index (κ2) is 4.17. The van der Waals surface area contributed by atoms with Gasteiger partial charge in [0.25, 0.3) is 0 Å². The molecule has 4 aliphatic carbocycles. The van der Waals surface area contributed by atoms with E-state index in [0.717, 1.165) is 36.5 Å². The highest BCUT2D eigenvalue weighted by atomic mass is 35.5. The molecule has 4 bridgehead atoms. The maximum Gasteiger partial charge on any atom is 0.125 e. The molecule has 0 aromatic heterocycles. The molecule has 1 N–H and O–H groups in total. The molecule has 4 atom stereocenters. The van der Waals surface area contributed by atoms with Gasteiger partial charge in [0.2, 0.25) is 0 Å². The van der Waals surface area contributed by atoms with Gasteiger partial charge in [-0.25, -0.2) is 0 Å². The molecule has 0 aliphatic heterocycles. The Morgan fingerprint density at radius 3 is 2.90 bits per heavy atom. The van der Waals surface area contributed by atoms with E-state index in [1.165, 1.54) is 12.0 Å². The van der Waals surface area contributed by atoms with Crippen molar-refractivity contribution in [2.75, 3.05) is 7.11 Å². The number of allylic oxidation sites excluding steroid dienone is 1. The minimum absolute atomic E-state index is 0.0550. The Balaban J connectivity index is 1.81. The summed E-state index contributed by atoms with van der Waals surface area (Å²) < 4.78 is 5.74. The third-order valence-electron chi connectivity index (χ3n) is 5.40. The van der Waals surface area contributed by atoms with E-state index >= 15 is 0 Å². The Kier molecular flexibility index (Phi) is 2.62. The minimum Gasteiger partial charge on any atom is -0.508 e. The van der Waals surface area contributed by atoms with Crippen molar-refractivity contribution >= 4 is 17.4 Å². The van der Waals surface area contributed by atoms with E-state index in [4.69, 9.17) is 16.3 Å². The summed E-state index contributed by atoms with van der Waals surface area (Å²) in [7, 11) is 1.74. The number of hydrogen-bond donors (Lipinski definition) is 1. The molecular formula is C17H19ClO2.